The van der Waals surface area contributed by atoms with Gasteiger partial charge in [-0.15, -0.1) is 24.2 Å². The van der Waals surface area contributed by atoms with Gasteiger partial charge in [0.25, 0.3) is 5.91 Å². The van der Waals surface area contributed by atoms with Crippen molar-refractivity contribution >= 4 is 30.1 Å². The van der Waals surface area contributed by atoms with E-state index in [4.69, 9.17) is 5.73 Å². The second-order valence-corrected chi connectivity index (χ2v) is 9.39. The minimum absolute atomic E-state index is 0. The van der Waals surface area contributed by atoms with E-state index in [0.29, 0.717) is 6.54 Å². The van der Waals surface area contributed by atoms with Crippen molar-refractivity contribution in [2.75, 3.05) is 13.1 Å². The normalized spacial score (nSPS) is 18.5. The zero-order valence-corrected chi connectivity index (χ0v) is 18.8. The average Bonchev–Trinajstić information content (AvgIpc) is 2.63. The molecule has 2 aromatic carbocycles. The minimum atomic E-state index is -0.0374. The van der Waals surface area contributed by atoms with Crippen LogP contribution in [-0.2, 0) is 5.75 Å². The van der Waals surface area contributed by atoms with Crippen LogP contribution in [0.1, 0.15) is 47.3 Å². The van der Waals surface area contributed by atoms with E-state index >= 15 is 0 Å². The molecule has 0 bridgehead atoms. The molecule has 28 heavy (non-hydrogen) atoms. The molecular formula is C23H31ClN2OS. The van der Waals surface area contributed by atoms with Crippen LogP contribution >= 0.6 is 24.2 Å². The Morgan fingerprint density at radius 1 is 1.21 bits per heavy atom. The summed E-state index contributed by atoms with van der Waals surface area (Å²) in [4.78, 5) is 16.2. The van der Waals surface area contributed by atoms with E-state index in [9.17, 15) is 4.79 Å². The molecule has 2 aromatic rings. The zero-order valence-electron chi connectivity index (χ0n) is 17.2. The van der Waals surface area contributed by atoms with E-state index < -0.39 is 0 Å². The largest absolute Gasteiger partial charge is 0.338 e. The maximum absolute atomic E-state index is 13.0. The number of rotatable bonds is 4. The molecule has 0 spiro atoms. The predicted octanol–water partition coefficient (Wildman–Crippen LogP) is 5.22. The van der Waals surface area contributed by atoms with Crippen molar-refractivity contribution in [3.05, 3.63) is 64.7 Å². The SMILES string of the molecule is Cc1ccc(SCc2cccc(C(=O)N3CCC(N)C(C)(C)C3)c2)c(C)c1.Cl. The molecule has 5 heteroatoms. The van der Waals surface area contributed by atoms with E-state index in [0.717, 1.165) is 24.3 Å². The van der Waals surface area contributed by atoms with Crippen LogP contribution in [0.4, 0.5) is 0 Å². The second kappa shape index (κ2) is 9.34. The Labute approximate surface area is 179 Å². The monoisotopic (exact) mass is 418 g/mol. The number of nitrogens with two attached hydrogens (primary N) is 1. The third kappa shape index (κ3) is 5.31. The Balaban J connectivity index is 0.00000280. The molecule has 1 atom stereocenters. The Kier molecular flexibility index (Phi) is 7.60. The summed E-state index contributed by atoms with van der Waals surface area (Å²) in [7, 11) is 0. The molecular weight excluding hydrogens is 388 g/mol. The van der Waals surface area contributed by atoms with Gasteiger partial charge in [-0.3, -0.25) is 4.79 Å². The first-order chi connectivity index (χ1) is 12.8. The van der Waals surface area contributed by atoms with Crippen LogP contribution < -0.4 is 5.73 Å². The van der Waals surface area contributed by atoms with Gasteiger partial charge in [-0.25, -0.2) is 0 Å². The van der Waals surface area contributed by atoms with Crippen molar-refractivity contribution in [1.82, 2.24) is 4.90 Å². The zero-order chi connectivity index (χ0) is 19.6. The standard InChI is InChI=1S/C23H30N2OS.ClH/c1-16-8-9-20(17(2)12-16)27-14-18-6-5-7-19(13-18)22(26)25-11-10-21(24)23(3,4)15-25;/h5-9,12-13,21H,10-11,14-15,24H2,1-4H3;1H. The number of carbonyl (C=O) groups excluding carboxylic acids is 1. The molecule has 0 aliphatic carbocycles. The lowest BCUT2D eigenvalue weighted by Gasteiger charge is -2.42. The lowest BCUT2D eigenvalue weighted by molar-refractivity contribution is 0.0533. The number of aryl methyl sites for hydroxylation is 2. The van der Waals surface area contributed by atoms with Crippen LogP contribution in [0.2, 0.25) is 0 Å². The summed E-state index contributed by atoms with van der Waals surface area (Å²) < 4.78 is 0. The van der Waals surface area contributed by atoms with Crippen molar-refractivity contribution in [1.29, 1.82) is 0 Å². The van der Waals surface area contributed by atoms with Crippen LogP contribution in [-0.4, -0.2) is 29.9 Å². The van der Waals surface area contributed by atoms with Crippen LogP contribution in [0, 0.1) is 19.3 Å². The first kappa shape index (κ1) is 22.8. The Bertz CT molecular complexity index is 837. The van der Waals surface area contributed by atoms with Crippen LogP contribution in [0.15, 0.2) is 47.4 Å². The van der Waals surface area contributed by atoms with Gasteiger partial charge in [0.05, 0.1) is 0 Å². The van der Waals surface area contributed by atoms with Crippen molar-refractivity contribution in [3.8, 4) is 0 Å². The summed E-state index contributed by atoms with van der Waals surface area (Å²) in [6, 6.07) is 14.8. The highest BCUT2D eigenvalue weighted by Crippen LogP contribution is 2.30. The van der Waals surface area contributed by atoms with Crippen molar-refractivity contribution < 1.29 is 4.79 Å². The molecule has 3 rings (SSSR count). The molecule has 0 aromatic heterocycles. The Morgan fingerprint density at radius 3 is 2.64 bits per heavy atom. The van der Waals surface area contributed by atoms with Crippen molar-refractivity contribution in [3.63, 3.8) is 0 Å². The number of benzene rings is 2. The van der Waals surface area contributed by atoms with Crippen molar-refractivity contribution in [2.45, 2.75) is 50.8 Å². The minimum Gasteiger partial charge on any atom is -0.338 e. The van der Waals surface area contributed by atoms with Gasteiger partial charge in [0, 0.05) is 35.3 Å². The molecule has 1 fully saturated rings. The lowest BCUT2D eigenvalue weighted by Crippen LogP contribution is -2.54. The van der Waals surface area contributed by atoms with Crippen LogP contribution in [0.25, 0.3) is 0 Å². The lowest BCUT2D eigenvalue weighted by atomic mass is 9.79. The van der Waals surface area contributed by atoms with E-state index in [2.05, 4.69) is 52.0 Å². The maximum atomic E-state index is 13.0. The van der Waals surface area contributed by atoms with Crippen molar-refractivity contribution in [2.24, 2.45) is 11.1 Å². The number of amides is 1. The topological polar surface area (TPSA) is 46.3 Å². The third-order valence-electron chi connectivity index (χ3n) is 5.50. The van der Waals surface area contributed by atoms with Crippen LogP contribution in [0.3, 0.4) is 0 Å². The highest BCUT2D eigenvalue weighted by Gasteiger charge is 2.35. The molecule has 1 amide bonds. The number of piperidine rings is 1. The number of hydrogen-bond donors (Lipinski definition) is 1. The fraction of sp³-hybridized carbons (Fsp3) is 0.435. The van der Waals surface area contributed by atoms with Gasteiger partial charge < -0.3 is 10.6 Å². The summed E-state index contributed by atoms with van der Waals surface area (Å²) in [6.07, 6.45) is 0.862. The van der Waals surface area contributed by atoms with Crippen LogP contribution in [0.5, 0.6) is 0 Å². The van der Waals surface area contributed by atoms with E-state index in [-0.39, 0.29) is 29.8 Å². The number of nitrogens with zero attached hydrogens (tertiary/aromatic N) is 1. The van der Waals surface area contributed by atoms with Gasteiger partial charge in [0.1, 0.15) is 0 Å². The van der Waals surface area contributed by atoms with Gasteiger partial charge in [-0.1, -0.05) is 43.7 Å². The number of thioether (sulfide) groups is 1. The molecule has 1 heterocycles. The molecule has 1 unspecified atom stereocenters. The smallest absolute Gasteiger partial charge is 0.253 e. The maximum Gasteiger partial charge on any atom is 0.253 e. The fourth-order valence-corrected chi connectivity index (χ4v) is 4.60. The summed E-state index contributed by atoms with van der Waals surface area (Å²) in [5.74, 6) is 0.981. The molecule has 0 saturated carbocycles. The number of hydrogen-bond acceptors (Lipinski definition) is 3. The highest BCUT2D eigenvalue weighted by atomic mass is 35.5. The van der Waals surface area contributed by atoms with Gasteiger partial charge in [0.15, 0.2) is 0 Å². The molecule has 0 radical (unpaired) electrons. The number of carbonyl (C=O) groups is 1. The Morgan fingerprint density at radius 2 is 1.96 bits per heavy atom. The van der Waals surface area contributed by atoms with Gasteiger partial charge >= 0.3 is 0 Å². The first-order valence-electron chi connectivity index (χ1n) is 9.60. The summed E-state index contributed by atoms with van der Waals surface area (Å²) in [6.45, 7) is 10.0. The highest BCUT2D eigenvalue weighted by molar-refractivity contribution is 7.98. The molecule has 152 valence electrons. The number of likely N-dealkylation sites (tertiary alicyclic amines) is 1. The quantitative estimate of drug-likeness (QED) is 0.692. The van der Waals surface area contributed by atoms with Gasteiger partial charge in [-0.2, -0.15) is 0 Å². The third-order valence-corrected chi connectivity index (χ3v) is 6.74. The Hall–Kier alpha value is -1.49. The summed E-state index contributed by atoms with van der Waals surface area (Å²) >= 11 is 1.82. The summed E-state index contributed by atoms with van der Waals surface area (Å²) in [5, 5.41) is 0. The predicted molar refractivity (Wildman–Crippen MR) is 121 cm³/mol. The molecule has 1 saturated heterocycles. The molecule has 3 nitrogen and oxygen atoms in total. The molecule has 1 aliphatic rings. The van der Waals surface area contributed by atoms with Gasteiger partial charge in [0.2, 0.25) is 0 Å². The van der Waals surface area contributed by atoms with E-state index in [1.807, 2.05) is 34.9 Å². The average molecular weight is 419 g/mol. The second-order valence-electron chi connectivity index (χ2n) is 8.37. The van der Waals surface area contributed by atoms with Gasteiger partial charge in [-0.05, 0) is 55.0 Å². The molecule has 2 N–H and O–H groups in total. The first-order valence-corrected chi connectivity index (χ1v) is 10.6. The van der Waals surface area contributed by atoms with E-state index in [1.165, 1.54) is 21.6 Å². The number of halogens is 1. The molecule has 1 aliphatic heterocycles. The fourth-order valence-electron chi connectivity index (χ4n) is 3.65. The summed E-state index contributed by atoms with van der Waals surface area (Å²) in [5.41, 5.74) is 10.7. The van der Waals surface area contributed by atoms with E-state index in [1.54, 1.807) is 0 Å².